The fraction of sp³-hybridized carbons (Fsp3) is 0. The fourth-order valence-corrected chi connectivity index (χ4v) is 1.61. The largest absolute Gasteiger partial charge is 0.508 e. The van der Waals surface area contributed by atoms with Gasteiger partial charge in [0.25, 0.3) is 0 Å². The number of benzene rings is 2. The monoisotopic (exact) mass is 224 g/mol. The Bertz CT molecular complexity index is 542. The minimum atomic E-state index is 0.192. The zero-order valence-corrected chi connectivity index (χ0v) is 9.21. The van der Waals surface area contributed by atoms with Gasteiger partial charge in [-0.2, -0.15) is 0 Å². The molecule has 2 heteroatoms. The molecule has 2 aromatic carbocycles. The van der Waals surface area contributed by atoms with Gasteiger partial charge in [-0.25, -0.2) is 0 Å². The molecular formula is C15H12O2. The molecule has 0 aliphatic heterocycles. The second-order valence-electron chi connectivity index (χ2n) is 3.68. The SMILES string of the molecule is O=C/C(=C/c1cccc(O)c1)c1ccccc1. The molecule has 0 spiro atoms. The number of phenolic OH excluding ortho intramolecular Hbond substituents is 1. The Hall–Kier alpha value is -2.35. The highest BCUT2D eigenvalue weighted by atomic mass is 16.3. The summed E-state index contributed by atoms with van der Waals surface area (Å²) in [6.45, 7) is 0. The molecule has 0 unspecified atom stereocenters. The van der Waals surface area contributed by atoms with Crippen LogP contribution in [0.3, 0.4) is 0 Å². The van der Waals surface area contributed by atoms with E-state index in [2.05, 4.69) is 0 Å². The number of phenols is 1. The maximum absolute atomic E-state index is 11.1. The van der Waals surface area contributed by atoms with E-state index in [0.717, 1.165) is 17.4 Å². The Balaban J connectivity index is 2.40. The van der Waals surface area contributed by atoms with E-state index in [1.807, 2.05) is 36.4 Å². The summed E-state index contributed by atoms with van der Waals surface area (Å²) in [5, 5.41) is 9.35. The molecule has 0 amide bonds. The lowest BCUT2D eigenvalue weighted by molar-refractivity contribution is -0.103. The van der Waals surface area contributed by atoms with E-state index in [1.54, 1.807) is 24.3 Å². The predicted molar refractivity (Wildman–Crippen MR) is 68.5 cm³/mol. The summed E-state index contributed by atoms with van der Waals surface area (Å²) >= 11 is 0. The van der Waals surface area contributed by atoms with Gasteiger partial charge in [-0.15, -0.1) is 0 Å². The van der Waals surface area contributed by atoms with Gasteiger partial charge in [-0.3, -0.25) is 4.79 Å². The Kier molecular flexibility index (Phi) is 3.36. The van der Waals surface area contributed by atoms with Crippen LogP contribution >= 0.6 is 0 Å². The lowest BCUT2D eigenvalue weighted by Crippen LogP contribution is -1.85. The lowest BCUT2D eigenvalue weighted by Gasteiger charge is -2.01. The average molecular weight is 224 g/mol. The predicted octanol–water partition coefficient (Wildman–Crippen LogP) is 3.13. The van der Waals surface area contributed by atoms with Gasteiger partial charge in [0.1, 0.15) is 5.75 Å². The van der Waals surface area contributed by atoms with Crippen molar-refractivity contribution >= 4 is 17.9 Å². The first-order valence-corrected chi connectivity index (χ1v) is 5.31. The van der Waals surface area contributed by atoms with Crippen LogP contribution in [0, 0.1) is 0 Å². The van der Waals surface area contributed by atoms with Gasteiger partial charge in [-0.1, -0.05) is 42.5 Å². The number of rotatable bonds is 3. The lowest BCUT2D eigenvalue weighted by atomic mass is 10.0. The number of allylic oxidation sites excluding steroid dienone is 1. The maximum atomic E-state index is 11.1. The summed E-state index contributed by atoms with van der Waals surface area (Å²) in [6.07, 6.45) is 2.57. The molecule has 17 heavy (non-hydrogen) atoms. The molecule has 0 aliphatic rings. The van der Waals surface area contributed by atoms with Crippen LogP contribution in [-0.2, 0) is 4.79 Å². The highest BCUT2D eigenvalue weighted by molar-refractivity contribution is 6.13. The quantitative estimate of drug-likeness (QED) is 0.494. The van der Waals surface area contributed by atoms with E-state index >= 15 is 0 Å². The first-order valence-electron chi connectivity index (χ1n) is 5.31. The van der Waals surface area contributed by atoms with Gasteiger partial charge in [0.2, 0.25) is 0 Å². The molecule has 0 heterocycles. The first-order chi connectivity index (χ1) is 8.29. The first kappa shape index (κ1) is 11.1. The summed E-state index contributed by atoms with van der Waals surface area (Å²) in [4.78, 5) is 11.1. The van der Waals surface area contributed by atoms with Gasteiger partial charge < -0.3 is 5.11 Å². The van der Waals surface area contributed by atoms with E-state index < -0.39 is 0 Å². The molecule has 0 fully saturated rings. The number of aromatic hydroxyl groups is 1. The average Bonchev–Trinajstić information content (AvgIpc) is 2.37. The summed E-state index contributed by atoms with van der Waals surface area (Å²) < 4.78 is 0. The number of hydrogen-bond acceptors (Lipinski definition) is 2. The van der Waals surface area contributed by atoms with E-state index in [0.29, 0.717) is 5.57 Å². The smallest absolute Gasteiger partial charge is 0.150 e. The van der Waals surface area contributed by atoms with Gasteiger partial charge in [0.05, 0.1) is 0 Å². The van der Waals surface area contributed by atoms with Crippen molar-refractivity contribution in [3.63, 3.8) is 0 Å². The van der Waals surface area contributed by atoms with E-state index in [9.17, 15) is 9.90 Å². The summed E-state index contributed by atoms with van der Waals surface area (Å²) in [7, 11) is 0. The maximum Gasteiger partial charge on any atom is 0.150 e. The van der Waals surface area contributed by atoms with Crippen LogP contribution in [0.1, 0.15) is 11.1 Å². The number of carbonyl (C=O) groups is 1. The standard InChI is InChI=1S/C15H12O2/c16-11-14(13-6-2-1-3-7-13)9-12-5-4-8-15(17)10-12/h1-11,17H/b14-9-. The number of aldehydes is 1. The second kappa shape index (κ2) is 5.12. The molecule has 2 nitrogen and oxygen atoms in total. The number of hydrogen-bond donors (Lipinski definition) is 1. The Labute approximate surface area is 99.8 Å². The van der Waals surface area contributed by atoms with E-state index in [1.165, 1.54) is 0 Å². The molecule has 2 rings (SSSR count). The molecule has 84 valence electrons. The van der Waals surface area contributed by atoms with Crippen LogP contribution < -0.4 is 0 Å². The Morgan fingerprint density at radius 1 is 1.00 bits per heavy atom. The molecule has 2 aromatic rings. The molecule has 0 radical (unpaired) electrons. The fourth-order valence-electron chi connectivity index (χ4n) is 1.61. The van der Waals surface area contributed by atoms with Crippen molar-refractivity contribution < 1.29 is 9.90 Å². The van der Waals surface area contributed by atoms with Crippen LogP contribution in [0.25, 0.3) is 11.6 Å². The molecule has 0 bridgehead atoms. The van der Waals surface area contributed by atoms with Gasteiger partial charge in [0.15, 0.2) is 6.29 Å². The van der Waals surface area contributed by atoms with Crippen molar-refractivity contribution in [2.45, 2.75) is 0 Å². The van der Waals surface area contributed by atoms with Crippen molar-refractivity contribution in [2.24, 2.45) is 0 Å². The van der Waals surface area contributed by atoms with Crippen molar-refractivity contribution in [1.29, 1.82) is 0 Å². The zero-order chi connectivity index (χ0) is 12.1. The minimum Gasteiger partial charge on any atom is -0.508 e. The molecule has 0 aromatic heterocycles. The highest BCUT2D eigenvalue weighted by Gasteiger charge is 1.99. The summed E-state index contributed by atoms with van der Waals surface area (Å²) in [5.74, 6) is 0.192. The molecule has 0 atom stereocenters. The van der Waals surface area contributed by atoms with Crippen LogP contribution in [0.2, 0.25) is 0 Å². The van der Waals surface area contributed by atoms with E-state index in [-0.39, 0.29) is 5.75 Å². The van der Waals surface area contributed by atoms with Gasteiger partial charge in [0, 0.05) is 5.57 Å². The highest BCUT2D eigenvalue weighted by Crippen LogP contribution is 2.18. The Morgan fingerprint density at radius 3 is 2.41 bits per heavy atom. The van der Waals surface area contributed by atoms with Gasteiger partial charge >= 0.3 is 0 Å². The van der Waals surface area contributed by atoms with Crippen LogP contribution in [0.15, 0.2) is 54.6 Å². The van der Waals surface area contributed by atoms with E-state index in [4.69, 9.17) is 0 Å². The van der Waals surface area contributed by atoms with Crippen LogP contribution in [0.5, 0.6) is 5.75 Å². The van der Waals surface area contributed by atoms with Crippen molar-refractivity contribution in [3.05, 3.63) is 65.7 Å². The van der Waals surface area contributed by atoms with Crippen molar-refractivity contribution in [1.82, 2.24) is 0 Å². The van der Waals surface area contributed by atoms with Gasteiger partial charge in [-0.05, 0) is 29.3 Å². The Morgan fingerprint density at radius 2 is 1.76 bits per heavy atom. The summed E-state index contributed by atoms with van der Waals surface area (Å²) in [5.41, 5.74) is 2.26. The second-order valence-corrected chi connectivity index (χ2v) is 3.68. The van der Waals surface area contributed by atoms with Crippen molar-refractivity contribution in [2.75, 3.05) is 0 Å². The number of carbonyl (C=O) groups excluding carboxylic acids is 1. The summed E-state index contributed by atoms with van der Waals surface area (Å²) in [6, 6.07) is 16.2. The third-order valence-corrected chi connectivity index (χ3v) is 2.43. The topological polar surface area (TPSA) is 37.3 Å². The molecule has 0 saturated carbocycles. The van der Waals surface area contributed by atoms with Crippen LogP contribution in [-0.4, -0.2) is 11.4 Å². The van der Waals surface area contributed by atoms with Crippen LogP contribution in [0.4, 0.5) is 0 Å². The molecule has 0 saturated heterocycles. The molecular weight excluding hydrogens is 212 g/mol. The van der Waals surface area contributed by atoms with Crippen molar-refractivity contribution in [3.8, 4) is 5.75 Å². The third kappa shape index (κ3) is 2.82. The molecule has 0 aliphatic carbocycles. The molecule has 1 N–H and O–H groups in total. The zero-order valence-electron chi connectivity index (χ0n) is 9.21. The minimum absolute atomic E-state index is 0.192. The third-order valence-electron chi connectivity index (χ3n) is 2.43. The normalized spacial score (nSPS) is 11.2.